The van der Waals surface area contributed by atoms with Gasteiger partial charge in [-0.1, -0.05) is 40.9 Å². The Morgan fingerprint density at radius 1 is 0.897 bits per heavy atom. The molecule has 212 valence electrons. The summed E-state index contributed by atoms with van der Waals surface area (Å²) in [5.74, 6) is 0.815. The van der Waals surface area contributed by atoms with Gasteiger partial charge in [-0.2, -0.15) is 8.42 Å². The van der Waals surface area contributed by atoms with E-state index in [9.17, 15) is 16.8 Å². The van der Waals surface area contributed by atoms with E-state index in [1.807, 2.05) is 6.92 Å². The molecule has 3 aromatic carbocycles. The fraction of sp³-hybridized carbons (Fsp3) is 0.280. The van der Waals surface area contributed by atoms with Crippen LogP contribution in [0.2, 0.25) is 10.0 Å². The van der Waals surface area contributed by atoms with Crippen LogP contribution in [-0.4, -0.2) is 61.8 Å². The van der Waals surface area contributed by atoms with Crippen molar-refractivity contribution in [3.63, 3.8) is 0 Å². The highest BCUT2D eigenvalue weighted by molar-refractivity contribution is 7.92. The number of benzene rings is 3. The molecular weight excluding hydrogens is 589 g/mol. The molecule has 10 nitrogen and oxygen atoms in total. The van der Waals surface area contributed by atoms with E-state index >= 15 is 0 Å². The lowest BCUT2D eigenvalue weighted by atomic mass is 10.2. The topological polar surface area (TPSA) is 134 Å². The average molecular weight is 619 g/mol. The van der Waals surface area contributed by atoms with Crippen molar-refractivity contribution in [3.05, 3.63) is 70.2 Å². The van der Waals surface area contributed by atoms with Crippen LogP contribution >= 0.6 is 23.2 Å². The third kappa shape index (κ3) is 8.13. The van der Waals surface area contributed by atoms with Crippen molar-refractivity contribution in [3.8, 4) is 11.5 Å². The summed E-state index contributed by atoms with van der Waals surface area (Å²) >= 11 is 12.1. The van der Waals surface area contributed by atoms with Gasteiger partial charge < -0.3 is 19.7 Å². The van der Waals surface area contributed by atoms with Gasteiger partial charge in [-0.05, 0) is 49.4 Å². The number of halogens is 2. The predicted molar refractivity (Wildman–Crippen MR) is 153 cm³/mol. The van der Waals surface area contributed by atoms with E-state index in [-0.39, 0.29) is 26.3 Å². The van der Waals surface area contributed by atoms with Crippen molar-refractivity contribution >= 4 is 54.7 Å². The highest BCUT2D eigenvalue weighted by Crippen LogP contribution is 2.38. The summed E-state index contributed by atoms with van der Waals surface area (Å²) in [5, 5.41) is 3.77. The molecule has 0 aliphatic carbocycles. The van der Waals surface area contributed by atoms with Gasteiger partial charge in [-0.15, -0.1) is 0 Å². The lowest BCUT2D eigenvalue weighted by Gasteiger charge is -2.30. The summed E-state index contributed by atoms with van der Waals surface area (Å²) in [6.45, 7) is 4.98. The summed E-state index contributed by atoms with van der Waals surface area (Å²) in [7, 11) is -4.96. The minimum Gasteiger partial charge on any atom is -0.495 e. The first-order chi connectivity index (χ1) is 18.4. The highest BCUT2D eigenvalue weighted by Gasteiger charge is 2.23. The fourth-order valence-electron chi connectivity index (χ4n) is 3.75. The maximum atomic E-state index is 13.0. The van der Waals surface area contributed by atoms with Crippen LogP contribution in [0.4, 0.5) is 11.4 Å². The van der Waals surface area contributed by atoms with Crippen LogP contribution in [0, 0.1) is 6.92 Å². The van der Waals surface area contributed by atoms with Gasteiger partial charge in [0.1, 0.15) is 5.75 Å². The second-order valence-electron chi connectivity index (χ2n) is 8.43. The number of piperazine rings is 1. The van der Waals surface area contributed by atoms with E-state index in [1.165, 1.54) is 37.4 Å². The molecule has 0 aromatic heterocycles. The normalized spacial score (nSPS) is 13.7. The van der Waals surface area contributed by atoms with E-state index in [0.29, 0.717) is 10.8 Å². The summed E-state index contributed by atoms with van der Waals surface area (Å²) < 4.78 is 68.7. The van der Waals surface area contributed by atoms with Gasteiger partial charge >= 0.3 is 0 Å². The lowest BCUT2D eigenvalue weighted by molar-refractivity contribution is 0.412. The summed E-state index contributed by atoms with van der Waals surface area (Å²) in [6.07, 6.45) is 0. The van der Waals surface area contributed by atoms with E-state index in [4.69, 9.17) is 37.2 Å². The molecule has 3 N–H and O–H groups in total. The Kier molecular flexibility index (Phi) is 10.3. The van der Waals surface area contributed by atoms with Crippen LogP contribution in [0.1, 0.15) is 5.56 Å². The number of hydrogen-bond donors (Lipinski definition) is 3. The van der Waals surface area contributed by atoms with E-state index < -0.39 is 20.1 Å². The Balaban J connectivity index is 0.000000320. The molecule has 0 bridgehead atoms. The van der Waals surface area contributed by atoms with Gasteiger partial charge in [-0.25, -0.2) is 8.42 Å². The number of ether oxygens (including phenoxy) is 2. The third-order valence-corrected chi connectivity index (χ3v) is 8.42. The molecule has 1 fully saturated rings. The number of methoxy groups -OCH3 is 2. The molecular formula is C25H29Cl2N3O7S2. The third-order valence-electron chi connectivity index (χ3n) is 5.69. The first-order valence-corrected chi connectivity index (χ1v) is 15.3. The number of hydrogen-bond acceptors (Lipinski definition) is 8. The quantitative estimate of drug-likeness (QED) is 0.328. The monoisotopic (exact) mass is 617 g/mol. The SMILES string of the molecule is COc1ccc(S(=O)(=O)Nc2cc(Cl)cc(Cl)c2OC)cc1N1CCNCC1.Cc1ccc(S(=O)(=O)O)cc1. The highest BCUT2D eigenvalue weighted by atomic mass is 35.5. The summed E-state index contributed by atoms with van der Waals surface area (Å²) in [4.78, 5) is 2.12. The van der Waals surface area contributed by atoms with Crippen molar-refractivity contribution in [2.24, 2.45) is 0 Å². The Labute approximate surface area is 238 Å². The lowest BCUT2D eigenvalue weighted by Crippen LogP contribution is -2.43. The molecule has 0 spiro atoms. The van der Waals surface area contributed by atoms with E-state index in [1.54, 1.807) is 31.4 Å². The predicted octanol–water partition coefficient (Wildman–Crippen LogP) is 4.46. The van der Waals surface area contributed by atoms with Crippen LogP contribution in [-0.2, 0) is 20.1 Å². The van der Waals surface area contributed by atoms with Gasteiger partial charge in [0.2, 0.25) is 0 Å². The van der Waals surface area contributed by atoms with Crippen molar-refractivity contribution < 1.29 is 30.9 Å². The number of anilines is 2. The summed E-state index contributed by atoms with van der Waals surface area (Å²) in [5.41, 5.74) is 1.85. The maximum Gasteiger partial charge on any atom is 0.294 e. The largest absolute Gasteiger partial charge is 0.495 e. The molecule has 0 atom stereocenters. The van der Waals surface area contributed by atoms with Crippen LogP contribution in [0.25, 0.3) is 0 Å². The van der Waals surface area contributed by atoms with Gasteiger partial charge in [0, 0.05) is 31.2 Å². The molecule has 0 unspecified atom stereocenters. The second kappa shape index (κ2) is 13.1. The van der Waals surface area contributed by atoms with Crippen LogP contribution < -0.4 is 24.4 Å². The number of aryl methyl sites for hydroxylation is 1. The maximum absolute atomic E-state index is 13.0. The Morgan fingerprint density at radius 3 is 2.08 bits per heavy atom. The molecule has 14 heteroatoms. The first kappa shape index (κ1) is 30.8. The Hall–Kier alpha value is -2.74. The van der Waals surface area contributed by atoms with Crippen molar-refractivity contribution in [1.82, 2.24) is 5.32 Å². The number of sulfonamides is 1. The van der Waals surface area contributed by atoms with Crippen LogP contribution in [0.15, 0.2) is 64.4 Å². The zero-order valence-corrected chi connectivity index (χ0v) is 24.6. The minimum atomic E-state index is -4.02. The Bertz CT molecular complexity index is 1510. The zero-order valence-electron chi connectivity index (χ0n) is 21.4. The van der Waals surface area contributed by atoms with Gasteiger partial charge in [-0.3, -0.25) is 9.27 Å². The molecule has 39 heavy (non-hydrogen) atoms. The molecule has 1 saturated heterocycles. The molecule has 0 saturated carbocycles. The van der Waals surface area contributed by atoms with Gasteiger partial charge in [0.15, 0.2) is 5.75 Å². The minimum absolute atomic E-state index is 0.0666. The molecule has 3 aromatic rings. The van der Waals surface area contributed by atoms with Crippen molar-refractivity contribution in [2.45, 2.75) is 16.7 Å². The van der Waals surface area contributed by atoms with Gasteiger partial charge in [0.25, 0.3) is 20.1 Å². The number of nitrogens with one attached hydrogen (secondary N) is 2. The molecule has 4 rings (SSSR count). The number of nitrogens with zero attached hydrogens (tertiary/aromatic N) is 1. The molecule has 1 aliphatic rings. The smallest absolute Gasteiger partial charge is 0.294 e. The van der Waals surface area contributed by atoms with Gasteiger partial charge in [0.05, 0.1) is 40.4 Å². The summed E-state index contributed by atoms with van der Waals surface area (Å²) in [6, 6.07) is 13.7. The standard InChI is InChI=1S/C18H21Cl2N3O4S.C7H8O3S/c1-26-17-4-3-13(11-16(17)23-7-5-21-6-8-23)28(24,25)22-15-10-12(19)9-14(20)18(15)27-2;1-6-2-4-7(5-3-6)11(8,9)10/h3-4,9-11,21-22H,5-8H2,1-2H3;2-5H,1H3,(H,8,9,10). The van der Waals surface area contributed by atoms with Crippen molar-refractivity contribution in [2.75, 3.05) is 50.0 Å². The molecule has 1 aliphatic heterocycles. The number of rotatable bonds is 7. The molecule has 1 heterocycles. The second-order valence-corrected chi connectivity index (χ2v) is 12.4. The fourth-order valence-corrected chi connectivity index (χ4v) is 5.87. The molecule has 0 amide bonds. The van der Waals surface area contributed by atoms with Crippen LogP contribution in [0.5, 0.6) is 11.5 Å². The first-order valence-electron chi connectivity index (χ1n) is 11.6. The van der Waals surface area contributed by atoms with E-state index in [2.05, 4.69) is 14.9 Å². The zero-order chi connectivity index (χ0) is 28.8. The van der Waals surface area contributed by atoms with Crippen molar-refractivity contribution in [1.29, 1.82) is 0 Å². The van der Waals surface area contributed by atoms with E-state index in [0.717, 1.165) is 37.4 Å². The molecule has 0 radical (unpaired) electrons. The van der Waals surface area contributed by atoms with Crippen LogP contribution in [0.3, 0.4) is 0 Å². The average Bonchev–Trinajstić information content (AvgIpc) is 2.88. The Morgan fingerprint density at radius 2 is 1.51 bits per heavy atom.